The summed E-state index contributed by atoms with van der Waals surface area (Å²) in [5, 5.41) is 2.71. The van der Waals surface area contributed by atoms with E-state index in [0.717, 1.165) is 19.6 Å². The van der Waals surface area contributed by atoms with Gasteiger partial charge in [-0.2, -0.15) is 0 Å². The van der Waals surface area contributed by atoms with Crippen molar-refractivity contribution in [3.05, 3.63) is 12.2 Å². The van der Waals surface area contributed by atoms with Crippen molar-refractivity contribution >= 4 is 11.9 Å². The van der Waals surface area contributed by atoms with Gasteiger partial charge in [-0.05, 0) is 13.8 Å². The van der Waals surface area contributed by atoms with Gasteiger partial charge in [0.1, 0.15) is 0 Å². The lowest BCUT2D eigenvalue weighted by Gasteiger charge is -2.08. The SMILES string of the molecule is C=C(C)C(N)=O.CCN1CCNC1=O. The molecule has 14 heavy (non-hydrogen) atoms. The number of rotatable bonds is 2. The van der Waals surface area contributed by atoms with Crippen molar-refractivity contribution in [2.24, 2.45) is 5.73 Å². The number of amides is 3. The zero-order valence-electron chi connectivity index (χ0n) is 8.67. The number of hydrogen-bond donors (Lipinski definition) is 2. The first-order valence-corrected chi connectivity index (χ1v) is 4.47. The van der Waals surface area contributed by atoms with E-state index in [0.29, 0.717) is 5.57 Å². The maximum atomic E-state index is 10.6. The lowest BCUT2D eigenvalue weighted by atomic mass is 10.3. The average molecular weight is 199 g/mol. The molecule has 0 aromatic heterocycles. The lowest BCUT2D eigenvalue weighted by molar-refractivity contribution is -0.114. The molecular weight excluding hydrogens is 182 g/mol. The molecule has 0 aromatic carbocycles. The molecule has 1 aliphatic rings. The van der Waals surface area contributed by atoms with Crippen LogP contribution in [0.3, 0.4) is 0 Å². The van der Waals surface area contributed by atoms with Crippen LogP contribution >= 0.6 is 0 Å². The van der Waals surface area contributed by atoms with Crippen molar-refractivity contribution in [1.29, 1.82) is 0 Å². The topological polar surface area (TPSA) is 75.4 Å². The van der Waals surface area contributed by atoms with Crippen LogP contribution in [0.25, 0.3) is 0 Å². The van der Waals surface area contributed by atoms with Crippen molar-refractivity contribution in [3.8, 4) is 0 Å². The molecule has 0 spiro atoms. The van der Waals surface area contributed by atoms with E-state index in [1.54, 1.807) is 11.8 Å². The van der Waals surface area contributed by atoms with Crippen LogP contribution in [0.15, 0.2) is 12.2 Å². The molecular formula is C9H17N3O2. The number of hydrogen-bond acceptors (Lipinski definition) is 2. The van der Waals surface area contributed by atoms with Crippen molar-refractivity contribution in [1.82, 2.24) is 10.2 Å². The highest BCUT2D eigenvalue weighted by atomic mass is 16.2. The summed E-state index contributed by atoms with van der Waals surface area (Å²) in [6.07, 6.45) is 0. The highest BCUT2D eigenvalue weighted by Gasteiger charge is 2.15. The largest absolute Gasteiger partial charge is 0.366 e. The number of urea groups is 1. The van der Waals surface area contributed by atoms with E-state index in [9.17, 15) is 9.59 Å². The molecule has 5 heteroatoms. The monoisotopic (exact) mass is 199 g/mol. The third-order valence-electron chi connectivity index (χ3n) is 1.75. The molecule has 1 aliphatic heterocycles. The highest BCUT2D eigenvalue weighted by molar-refractivity contribution is 5.90. The van der Waals surface area contributed by atoms with Crippen molar-refractivity contribution in [2.45, 2.75) is 13.8 Å². The Morgan fingerprint density at radius 2 is 2.21 bits per heavy atom. The minimum absolute atomic E-state index is 0.0764. The summed E-state index contributed by atoms with van der Waals surface area (Å²) in [5.41, 5.74) is 5.09. The van der Waals surface area contributed by atoms with Crippen LogP contribution in [0.4, 0.5) is 4.79 Å². The predicted octanol–water partition coefficient (Wildman–Crippen LogP) is 0.0793. The minimum Gasteiger partial charge on any atom is -0.366 e. The number of likely N-dealkylation sites (N-methyl/N-ethyl adjacent to an activating group) is 1. The average Bonchev–Trinajstić information content (AvgIpc) is 2.51. The van der Waals surface area contributed by atoms with Gasteiger partial charge in [-0.1, -0.05) is 6.58 Å². The number of primary amides is 1. The van der Waals surface area contributed by atoms with Crippen LogP contribution in [-0.2, 0) is 4.79 Å². The van der Waals surface area contributed by atoms with E-state index in [-0.39, 0.29) is 6.03 Å². The van der Waals surface area contributed by atoms with Crippen LogP contribution in [0.2, 0.25) is 0 Å². The Labute approximate surface area is 83.9 Å². The summed E-state index contributed by atoms with van der Waals surface area (Å²) in [5.74, 6) is -0.435. The fraction of sp³-hybridized carbons (Fsp3) is 0.556. The quantitative estimate of drug-likeness (QED) is 0.618. The Kier molecular flexibility index (Phi) is 5.36. The van der Waals surface area contributed by atoms with E-state index in [4.69, 9.17) is 5.73 Å². The maximum Gasteiger partial charge on any atom is 0.317 e. The third-order valence-corrected chi connectivity index (χ3v) is 1.75. The number of nitrogens with two attached hydrogens (primary N) is 1. The van der Waals surface area contributed by atoms with E-state index in [1.165, 1.54) is 0 Å². The fourth-order valence-electron chi connectivity index (χ4n) is 0.813. The van der Waals surface area contributed by atoms with Gasteiger partial charge in [0.25, 0.3) is 0 Å². The van der Waals surface area contributed by atoms with Gasteiger partial charge in [0.2, 0.25) is 5.91 Å². The molecule has 0 aromatic rings. The molecule has 80 valence electrons. The van der Waals surface area contributed by atoms with E-state index in [2.05, 4.69) is 11.9 Å². The van der Waals surface area contributed by atoms with Crippen molar-refractivity contribution < 1.29 is 9.59 Å². The molecule has 0 unspecified atom stereocenters. The number of carbonyl (C=O) groups excluding carboxylic acids is 2. The highest BCUT2D eigenvalue weighted by Crippen LogP contribution is 1.93. The Hall–Kier alpha value is -1.52. The van der Waals surface area contributed by atoms with Crippen LogP contribution in [0.5, 0.6) is 0 Å². The molecule has 0 aliphatic carbocycles. The molecule has 1 rings (SSSR count). The van der Waals surface area contributed by atoms with Crippen LogP contribution in [-0.4, -0.2) is 36.5 Å². The van der Waals surface area contributed by atoms with Gasteiger partial charge in [-0.25, -0.2) is 4.79 Å². The van der Waals surface area contributed by atoms with E-state index < -0.39 is 5.91 Å². The van der Waals surface area contributed by atoms with Crippen LogP contribution in [0, 0.1) is 0 Å². The van der Waals surface area contributed by atoms with E-state index in [1.807, 2.05) is 6.92 Å². The summed E-state index contributed by atoms with van der Waals surface area (Å²) in [6.45, 7) is 9.34. The zero-order valence-corrected chi connectivity index (χ0v) is 8.67. The van der Waals surface area contributed by atoms with Gasteiger partial charge >= 0.3 is 6.03 Å². The molecule has 3 amide bonds. The van der Waals surface area contributed by atoms with E-state index >= 15 is 0 Å². The summed E-state index contributed by atoms with van der Waals surface area (Å²) >= 11 is 0. The summed E-state index contributed by atoms with van der Waals surface area (Å²) < 4.78 is 0. The normalized spacial score (nSPS) is 14.1. The smallest absolute Gasteiger partial charge is 0.317 e. The first kappa shape index (κ1) is 12.5. The summed E-state index contributed by atoms with van der Waals surface area (Å²) in [4.78, 5) is 22.2. The first-order valence-electron chi connectivity index (χ1n) is 4.47. The maximum absolute atomic E-state index is 10.6. The Bertz CT molecular complexity index is 226. The molecule has 0 bridgehead atoms. The van der Waals surface area contributed by atoms with Crippen LogP contribution in [0.1, 0.15) is 13.8 Å². The van der Waals surface area contributed by atoms with Crippen molar-refractivity contribution in [2.75, 3.05) is 19.6 Å². The lowest BCUT2D eigenvalue weighted by Crippen LogP contribution is -2.27. The van der Waals surface area contributed by atoms with Crippen LogP contribution < -0.4 is 11.1 Å². The molecule has 1 heterocycles. The zero-order chi connectivity index (χ0) is 11.1. The number of nitrogens with zero attached hydrogens (tertiary/aromatic N) is 1. The third kappa shape index (κ3) is 4.49. The Morgan fingerprint density at radius 3 is 2.36 bits per heavy atom. The second kappa shape index (κ2) is 6.01. The molecule has 1 fully saturated rings. The van der Waals surface area contributed by atoms with Gasteiger partial charge in [-0.3, -0.25) is 4.79 Å². The Balaban J connectivity index is 0.000000255. The second-order valence-corrected chi connectivity index (χ2v) is 2.96. The summed E-state index contributed by atoms with van der Waals surface area (Å²) in [7, 11) is 0. The summed E-state index contributed by atoms with van der Waals surface area (Å²) in [6, 6.07) is 0.0764. The number of carbonyl (C=O) groups is 2. The second-order valence-electron chi connectivity index (χ2n) is 2.96. The number of nitrogens with one attached hydrogen (secondary N) is 1. The Morgan fingerprint density at radius 1 is 1.71 bits per heavy atom. The fourth-order valence-corrected chi connectivity index (χ4v) is 0.813. The molecule has 5 nitrogen and oxygen atoms in total. The van der Waals surface area contributed by atoms with Gasteiger partial charge in [0, 0.05) is 25.2 Å². The van der Waals surface area contributed by atoms with Gasteiger partial charge in [-0.15, -0.1) is 0 Å². The molecule has 1 saturated heterocycles. The molecule has 0 radical (unpaired) electrons. The minimum atomic E-state index is -0.435. The van der Waals surface area contributed by atoms with Crippen molar-refractivity contribution in [3.63, 3.8) is 0 Å². The van der Waals surface area contributed by atoms with Gasteiger partial charge in [0.05, 0.1) is 0 Å². The van der Waals surface area contributed by atoms with Gasteiger partial charge < -0.3 is 16.0 Å². The molecule has 0 saturated carbocycles. The standard InChI is InChI=1S/C5H10N2O.C4H7NO/c1-2-7-4-3-6-5(7)8;1-3(2)4(5)6/h2-4H2,1H3,(H,6,8);1H2,2H3,(H2,5,6). The first-order chi connectivity index (χ1) is 6.49. The predicted molar refractivity (Wildman–Crippen MR) is 54.7 cm³/mol. The van der Waals surface area contributed by atoms with Gasteiger partial charge in [0.15, 0.2) is 0 Å². The molecule has 3 N–H and O–H groups in total. The molecule has 0 atom stereocenters.